The van der Waals surface area contributed by atoms with Gasteiger partial charge < -0.3 is 15.5 Å². The van der Waals surface area contributed by atoms with Crippen LogP contribution in [0.2, 0.25) is 10.0 Å². The highest BCUT2D eigenvalue weighted by molar-refractivity contribution is 6.35. The molecular weight excluding hydrogens is 433 g/mol. The number of nitrogens with zero attached hydrogens (tertiary/aromatic N) is 2. The zero-order chi connectivity index (χ0) is 22.3. The fourth-order valence-corrected chi connectivity index (χ4v) is 5.60. The maximum Gasteiger partial charge on any atom is 0.220 e. The van der Waals surface area contributed by atoms with Gasteiger partial charge in [-0.2, -0.15) is 0 Å². The lowest BCUT2D eigenvalue weighted by Crippen LogP contribution is -2.43. The number of primary amides is 1. The number of carbonyl (C=O) groups is 2. The van der Waals surface area contributed by atoms with Crippen LogP contribution in [0.4, 0.5) is 0 Å². The number of rotatable bonds is 3. The van der Waals surface area contributed by atoms with Crippen molar-refractivity contribution >= 4 is 35.0 Å². The Balaban J connectivity index is 1.73. The first-order valence-corrected chi connectivity index (χ1v) is 11.3. The van der Waals surface area contributed by atoms with E-state index in [1.165, 1.54) is 0 Å². The van der Waals surface area contributed by atoms with Crippen LogP contribution in [0, 0.1) is 5.92 Å². The van der Waals surface area contributed by atoms with Gasteiger partial charge in [0.05, 0.1) is 6.04 Å². The molecule has 2 heterocycles. The van der Waals surface area contributed by atoms with E-state index in [4.69, 9.17) is 28.9 Å². The van der Waals surface area contributed by atoms with Gasteiger partial charge in [-0.3, -0.25) is 9.59 Å². The maximum atomic E-state index is 12.3. The monoisotopic (exact) mass is 459 g/mol. The SMILES string of the molecule is CC(=O)N1CCC(C(N)=O)CC1c1cccc(C2CN(C)Cc3c(Cl)cc(Cl)cc32)c1. The van der Waals surface area contributed by atoms with Crippen LogP contribution in [0.1, 0.15) is 54.0 Å². The van der Waals surface area contributed by atoms with Gasteiger partial charge in [0.15, 0.2) is 0 Å². The highest BCUT2D eigenvalue weighted by Crippen LogP contribution is 2.40. The van der Waals surface area contributed by atoms with Crippen molar-refractivity contribution in [2.75, 3.05) is 20.1 Å². The van der Waals surface area contributed by atoms with Crippen LogP contribution in [-0.2, 0) is 16.1 Å². The molecule has 2 N–H and O–H groups in total. The molecule has 0 aliphatic carbocycles. The molecule has 4 rings (SSSR count). The summed E-state index contributed by atoms with van der Waals surface area (Å²) in [4.78, 5) is 28.3. The van der Waals surface area contributed by atoms with Gasteiger partial charge in [-0.05, 0) is 54.3 Å². The van der Waals surface area contributed by atoms with E-state index in [0.29, 0.717) is 29.4 Å². The number of benzene rings is 2. The van der Waals surface area contributed by atoms with Crippen molar-refractivity contribution in [3.05, 3.63) is 68.7 Å². The predicted molar refractivity (Wildman–Crippen MR) is 123 cm³/mol. The summed E-state index contributed by atoms with van der Waals surface area (Å²) in [6, 6.07) is 12.0. The largest absolute Gasteiger partial charge is 0.369 e. The first-order chi connectivity index (χ1) is 14.7. The maximum absolute atomic E-state index is 12.3. The molecule has 31 heavy (non-hydrogen) atoms. The number of amides is 2. The average Bonchev–Trinajstić information content (AvgIpc) is 2.73. The zero-order valence-corrected chi connectivity index (χ0v) is 19.3. The molecule has 0 saturated carbocycles. The number of carbonyl (C=O) groups excluding carboxylic acids is 2. The Labute approximate surface area is 193 Å². The Hall–Kier alpha value is -2.08. The van der Waals surface area contributed by atoms with Gasteiger partial charge >= 0.3 is 0 Å². The number of fused-ring (bicyclic) bond motifs is 1. The molecule has 0 radical (unpaired) electrons. The summed E-state index contributed by atoms with van der Waals surface area (Å²) in [5.74, 6) is -0.384. The van der Waals surface area contributed by atoms with E-state index in [0.717, 1.165) is 35.3 Å². The number of hydrogen-bond donors (Lipinski definition) is 1. The van der Waals surface area contributed by atoms with E-state index in [9.17, 15) is 9.59 Å². The van der Waals surface area contributed by atoms with Gasteiger partial charge in [0.25, 0.3) is 0 Å². The zero-order valence-electron chi connectivity index (χ0n) is 17.8. The fraction of sp³-hybridized carbons (Fsp3) is 0.417. The quantitative estimate of drug-likeness (QED) is 0.741. The number of halogens is 2. The highest BCUT2D eigenvalue weighted by atomic mass is 35.5. The molecule has 2 aromatic rings. The van der Waals surface area contributed by atoms with Gasteiger partial charge in [-0.25, -0.2) is 0 Å². The van der Waals surface area contributed by atoms with Crippen LogP contribution in [0.3, 0.4) is 0 Å². The summed E-state index contributed by atoms with van der Waals surface area (Å²) in [7, 11) is 2.08. The summed E-state index contributed by atoms with van der Waals surface area (Å²) in [6.07, 6.45) is 1.17. The smallest absolute Gasteiger partial charge is 0.220 e. The van der Waals surface area contributed by atoms with Crippen molar-refractivity contribution < 1.29 is 9.59 Å². The molecule has 0 bridgehead atoms. The summed E-state index contributed by atoms with van der Waals surface area (Å²) in [6.45, 7) is 3.75. The lowest BCUT2D eigenvalue weighted by atomic mass is 9.82. The molecule has 164 valence electrons. The van der Waals surface area contributed by atoms with E-state index < -0.39 is 0 Å². The molecule has 1 saturated heterocycles. The molecule has 2 aliphatic rings. The van der Waals surface area contributed by atoms with Crippen LogP contribution >= 0.6 is 23.2 Å². The van der Waals surface area contributed by atoms with Gasteiger partial charge in [0.1, 0.15) is 0 Å². The number of hydrogen-bond acceptors (Lipinski definition) is 3. The van der Waals surface area contributed by atoms with Crippen LogP contribution in [0.15, 0.2) is 36.4 Å². The van der Waals surface area contributed by atoms with Crippen molar-refractivity contribution in [3.63, 3.8) is 0 Å². The predicted octanol–water partition coefficient (Wildman–Crippen LogP) is 4.36. The van der Waals surface area contributed by atoms with Gasteiger partial charge in [0.2, 0.25) is 11.8 Å². The van der Waals surface area contributed by atoms with Crippen LogP contribution < -0.4 is 5.73 Å². The number of nitrogens with two attached hydrogens (primary N) is 1. The Morgan fingerprint density at radius 2 is 1.87 bits per heavy atom. The third-order valence-corrected chi connectivity index (χ3v) is 7.16. The molecular formula is C24H27Cl2N3O2. The minimum atomic E-state index is -0.295. The van der Waals surface area contributed by atoms with E-state index in [1.807, 2.05) is 23.1 Å². The van der Waals surface area contributed by atoms with E-state index >= 15 is 0 Å². The van der Waals surface area contributed by atoms with Crippen molar-refractivity contribution in [1.82, 2.24) is 9.80 Å². The summed E-state index contributed by atoms with van der Waals surface area (Å²) >= 11 is 12.9. The van der Waals surface area contributed by atoms with Gasteiger partial charge in [-0.1, -0.05) is 47.5 Å². The van der Waals surface area contributed by atoms with Crippen molar-refractivity contribution in [3.8, 4) is 0 Å². The molecule has 2 amide bonds. The van der Waals surface area contributed by atoms with Crippen molar-refractivity contribution in [2.45, 2.75) is 38.3 Å². The molecule has 2 aromatic carbocycles. The first kappa shape index (κ1) is 22.1. The number of likely N-dealkylation sites (N-methyl/N-ethyl adjacent to an activating group) is 1. The Kier molecular flexibility index (Phi) is 6.29. The van der Waals surface area contributed by atoms with E-state index in [1.54, 1.807) is 13.0 Å². The second-order valence-electron chi connectivity index (χ2n) is 8.73. The summed E-state index contributed by atoms with van der Waals surface area (Å²) in [5, 5.41) is 1.32. The van der Waals surface area contributed by atoms with Crippen LogP contribution in [0.25, 0.3) is 0 Å². The third kappa shape index (κ3) is 4.45. The Morgan fingerprint density at radius 1 is 1.13 bits per heavy atom. The Morgan fingerprint density at radius 3 is 2.58 bits per heavy atom. The normalized spacial score (nSPS) is 24.0. The molecule has 0 spiro atoms. The second kappa shape index (κ2) is 8.81. The number of piperidine rings is 1. The molecule has 1 fully saturated rings. The van der Waals surface area contributed by atoms with Crippen molar-refractivity contribution in [1.29, 1.82) is 0 Å². The van der Waals surface area contributed by atoms with Gasteiger partial charge in [-0.15, -0.1) is 0 Å². The molecule has 0 aromatic heterocycles. The summed E-state index contributed by atoms with van der Waals surface area (Å²) in [5.41, 5.74) is 10.0. The fourth-order valence-electron chi connectivity index (χ4n) is 5.03. The first-order valence-electron chi connectivity index (χ1n) is 10.6. The van der Waals surface area contributed by atoms with Crippen LogP contribution in [-0.4, -0.2) is 41.8 Å². The molecule has 2 aliphatic heterocycles. The lowest BCUT2D eigenvalue weighted by Gasteiger charge is -2.39. The Bertz CT molecular complexity index is 1030. The van der Waals surface area contributed by atoms with E-state index in [-0.39, 0.29) is 29.7 Å². The minimum Gasteiger partial charge on any atom is -0.369 e. The van der Waals surface area contributed by atoms with Gasteiger partial charge in [0, 0.05) is 48.4 Å². The molecule has 3 unspecified atom stereocenters. The molecule has 7 heteroatoms. The topological polar surface area (TPSA) is 66.6 Å². The van der Waals surface area contributed by atoms with E-state index in [2.05, 4.69) is 24.1 Å². The minimum absolute atomic E-state index is 0.0135. The average molecular weight is 460 g/mol. The highest BCUT2D eigenvalue weighted by Gasteiger charge is 2.34. The standard InChI is InChI=1S/C24H27Cl2N3O2/c1-14(30)29-7-6-17(24(27)31)9-23(29)16-5-3-4-15(8-16)20-12-28(2)13-21-19(20)10-18(25)11-22(21)26/h3-5,8,10-11,17,20,23H,6-7,9,12-13H2,1-2H3,(H2,27,31). The molecule has 5 nitrogen and oxygen atoms in total. The third-order valence-electron chi connectivity index (χ3n) is 6.60. The summed E-state index contributed by atoms with van der Waals surface area (Å²) < 4.78 is 0. The number of likely N-dealkylation sites (tertiary alicyclic amines) is 1. The lowest BCUT2D eigenvalue weighted by molar-refractivity contribution is -0.136. The second-order valence-corrected chi connectivity index (χ2v) is 9.57. The van der Waals surface area contributed by atoms with Crippen LogP contribution in [0.5, 0.6) is 0 Å². The molecule has 3 atom stereocenters. The van der Waals surface area contributed by atoms with Crippen molar-refractivity contribution in [2.24, 2.45) is 11.7 Å².